The molecule has 4 nitrogen and oxygen atoms in total. The second-order valence-corrected chi connectivity index (χ2v) is 7.32. The first-order valence-corrected chi connectivity index (χ1v) is 9.07. The predicted octanol–water partition coefficient (Wildman–Crippen LogP) is 1.58. The van der Waals surface area contributed by atoms with Gasteiger partial charge in [0.2, 0.25) is 0 Å². The van der Waals surface area contributed by atoms with E-state index in [0.717, 1.165) is 26.2 Å². The molecule has 0 aliphatic carbocycles. The van der Waals surface area contributed by atoms with Crippen LogP contribution in [0.3, 0.4) is 0 Å². The number of aryl methyl sites for hydroxylation is 1. The van der Waals surface area contributed by atoms with Gasteiger partial charge in [0.15, 0.2) is 0 Å². The van der Waals surface area contributed by atoms with Gasteiger partial charge in [-0.05, 0) is 26.5 Å². The Balaban J connectivity index is 1.76. The summed E-state index contributed by atoms with van der Waals surface area (Å²) in [4.78, 5) is 7.80. The van der Waals surface area contributed by atoms with Crippen LogP contribution in [0.4, 0.5) is 0 Å². The van der Waals surface area contributed by atoms with Gasteiger partial charge < -0.3 is 10.2 Å². The molecule has 2 aliphatic rings. The first kappa shape index (κ1) is 16.9. The quantitative estimate of drug-likeness (QED) is 0.910. The Morgan fingerprint density at radius 3 is 2.43 bits per heavy atom. The van der Waals surface area contributed by atoms with Crippen LogP contribution in [0, 0.1) is 6.92 Å². The summed E-state index contributed by atoms with van der Waals surface area (Å²) in [6.45, 7) is 13.8. The van der Waals surface area contributed by atoms with E-state index in [2.05, 4.69) is 65.2 Å². The molecule has 2 aliphatic heterocycles. The highest BCUT2D eigenvalue weighted by Crippen LogP contribution is 2.26. The van der Waals surface area contributed by atoms with Crippen LogP contribution in [0.15, 0.2) is 24.3 Å². The molecule has 0 amide bonds. The van der Waals surface area contributed by atoms with E-state index in [1.165, 1.54) is 37.3 Å². The maximum absolute atomic E-state index is 3.53. The van der Waals surface area contributed by atoms with Gasteiger partial charge in [-0.25, -0.2) is 0 Å². The van der Waals surface area contributed by atoms with Crippen molar-refractivity contribution >= 4 is 0 Å². The molecule has 128 valence electrons. The predicted molar refractivity (Wildman–Crippen MR) is 96.9 cm³/mol. The van der Waals surface area contributed by atoms with Crippen LogP contribution in [0.2, 0.25) is 0 Å². The lowest BCUT2D eigenvalue weighted by molar-refractivity contribution is 0.0662. The lowest BCUT2D eigenvalue weighted by Gasteiger charge is -2.43. The van der Waals surface area contributed by atoms with Gasteiger partial charge in [0, 0.05) is 64.4 Å². The summed E-state index contributed by atoms with van der Waals surface area (Å²) in [6.07, 6.45) is 0. The van der Waals surface area contributed by atoms with Crippen molar-refractivity contribution in [3.8, 4) is 0 Å². The van der Waals surface area contributed by atoms with Crippen LogP contribution in [0.1, 0.15) is 24.1 Å². The highest BCUT2D eigenvalue weighted by atomic mass is 15.3. The van der Waals surface area contributed by atoms with Crippen molar-refractivity contribution in [3.05, 3.63) is 35.4 Å². The normalized spacial score (nSPS) is 26.3. The molecule has 2 unspecified atom stereocenters. The number of likely N-dealkylation sites (N-methyl/N-ethyl adjacent to an activating group) is 1. The van der Waals surface area contributed by atoms with Crippen LogP contribution in [-0.2, 0) is 0 Å². The second kappa shape index (κ2) is 7.75. The third-order valence-corrected chi connectivity index (χ3v) is 5.44. The summed E-state index contributed by atoms with van der Waals surface area (Å²) >= 11 is 0. The average Bonchev–Trinajstić information content (AvgIpc) is 2.56. The highest BCUT2D eigenvalue weighted by molar-refractivity contribution is 5.25. The number of piperazine rings is 2. The minimum Gasteiger partial charge on any atom is -0.314 e. The Hall–Kier alpha value is -0.940. The SMILES string of the molecule is Cc1ccc(C(CN2CCN(C)CC2)N2CCNCC2C)cc1. The maximum Gasteiger partial charge on any atom is 0.0479 e. The van der Waals surface area contributed by atoms with Crippen LogP contribution in [0.25, 0.3) is 0 Å². The van der Waals surface area contributed by atoms with E-state index in [-0.39, 0.29) is 0 Å². The van der Waals surface area contributed by atoms with Crippen molar-refractivity contribution in [1.82, 2.24) is 20.0 Å². The molecular formula is C19H32N4. The van der Waals surface area contributed by atoms with Crippen LogP contribution >= 0.6 is 0 Å². The Bertz CT molecular complexity index is 479. The van der Waals surface area contributed by atoms with Crippen LogP contribution in [-0.4, -0.2) is 80.1 Å². The van der Waals surface area contributed by atoms with Crippen molar-refractivity contribution in [1.29, 1.82) is 0 Å². The molecule has 0 saturated carbocycles. The topological polar surface area (TPSA) is 21.8 Å². The molecule has 0 radical (unpaired) electrons. The fraction of sp³-hybridized carbons (Fsp3) is 0.684. The molecule has 2 fully saturated rings. The first-order valence-electron chi connectivity index (χ1n) is 9.07. The third-order valence-electron chi connectivity index (χ3n) is 5.44. The summed E-state index contributed by atoms with van der Waals surface area (Å²) in [6, 6.07) is 10.3. The standard InChI is InChI=1S/C19H32N4/c1-16-4-6-18(7-5-16)19(23-9-8-20-14-17(23)2)15-22-12-10-21(3)11-13-22/h4-7,17,19-20H,8-15H2,1-3H3. The van der Waals surface area contributed by atoms with Crippen LogP contribution in [0.5, 0.6) is 0 Å². The number of benzene rings is 1. The molecule has 1 aromatic rings. The smallest absolute Gasteiger partial charge is 0.0479 e. The zero-order chi connectivity index (χ0) is 16.2. The fourth-order valence-corrected chi connectivity index (χ4v) is 3.79. The fourth-order valence-electron chi connectivity index (χ4n) is 3.79. The Morgan fingerprint density at radius 2 is 1.78 bits per heavy atom. The number of nitrogens with one attached hydrogen (secondary N) is 1. The van der Waals surface area contributed by atoms with Gasteiger partial charge in [-0.1, -0.05) is 29.8 Å². The highest BCUT2D eigenvalue weighted by Gasteiger charge is 2.29. The van der Waals surface area contributed by atoms with Gasteiger partial charge in [0.1, 0.15) is 0 Å². The summed E-state index contributed by atoms with van der Waals surface area (Å²) < 4.78 is 0. The van der Waals surface area contributed by atoms with E-state index < -0.39 is 0 Å². The van der Waals surface area contributed by atoms with Gasteiger partial charge in [0.25, 0.3) is 0 Å². The molecule has 4 heteroatoms. The largest absolute Gasteiger partial charge is 0.314 e. The molecule has 2 heterocycles. The Labute approximate surface area is 141 Å². The molecule has 0 aromatic heterocycles. The minimum absolute atomic E-state index is 0.510. The Kier molecular flexibility index (Phi) is 5.70. The lowest BCUT2D eigenvalue weighted by Crippen LogP contribution is -2.54. The Morgan fingerprint density at radius 1 is 1.09 bits per heavy atom. The van der Waals surface area contributed by atoms with E-state index in [9.17, 15) is 0 Å². The first-order chi connectivity index (χ1) is 11.1. The monoisotopic (exact) mass is 316 g/mol. The zero-order valence-electron chi connectivity index (χ0n) is 15.0. The molecule has 23 heavy (non-hydrogen) atoms. The third kappa shape index (κ3) is 4.32. The van der Waals surface area contributed by atoms with Crippen molar-refractivity contribution in [2.45, 2.75) is 25.9 Å². The number of rotatable bonds is 4. The van der Waals surface area contributed by atoms with Gasteiger partial charge in [-0.15, -0.1) is 0 Å². The van der Waals surface area contributed by atoms with E-state index in [1.807, 2.05) is 0 Å². The number of hydrogen-bond acceptors (Lipinski definition) is 4. The molecular weight excluding hydrogens is 284 g/mol. The lowest BCUT2D eigenvalue weighted by atomic mass is 10.00. The molecule has 0 bridgehead atoms. The molecule has 2 saturated heterocycles. The molecule has 0 spiro atoms. The summed E-state index contributed by atoms with van der Waals surface area (Å²) in [7, 11) is 2.23. The number of hydrogen-bond donors (Lipinski definition) is 1. The van der Waals surface area contributed by atoms with Crippen molar-refractivity contribution in [3.63, 3.8) is 0 Å². The van der Waals surface area contributed by atoms with E-state index in [1.54, 1.807) is 0 Å². The van der Waals surface area contributed by atoms with E-state index in [4.69, 9.17) is 0 Å². The summed E-state index contributed by atoms with van der Waals surface area (Å²) in [5, 5.41) is 3.53. The minimum atomic E-state index is 0.510. The van der Waals surface area contributed by atoms with Crippen molar-refractivity contribution in [2.75, 3.05) is 59.4 Å². The van der Waals surface area contributed by atoms with Gasteiger partial charge in [-0.3, -0.25) is 9.80 Å². The second-order valence-electron chi connectivity index (χ2n) is 7.32. The van der Waals surface area contributed by atoms with Gasteiger partial charge in [-0.2, -0.15) is 0 Å². The molecule has 1 N–H and O–H groups in total. The van der Waals surface area contributed by atoms with Crippen LogP contribution < -0.4 is 5.32 Å². The van der Waals surface area contributed by atoms with Gasteiger partial charge in [0.05, 0.1) is 0 Å². The molecule has 3 rings (SSSR count). The molecule has 1 aromatic carbocycles. The van der Waals surface area contributed by atoms with E-state index in [0.29, 0.717) is 12.1 Å². The summed E-state index contributed by atoms with van der Waals surface area (Å²) in [5.41, 5.74) is 2.82. The van der Waals surface area contributed by atoms with Gasteiger partial charge >= 0.3 is 0 Å². The number of nitrogens with zero attached hydrogens (tertiary/aromatic N) is 3. The summed E-state index contributed by atoms with van der Waals surface area (Å²) in [5.74, 6) is 0. The molecule has 2 atom stereocenters. The zero-order valence-corrected chi connectivity index (χ0v) is 15.0. The van der Waals surface area contributed by atoms with Crippen molar-refractivity contribution < 1.29 is 0 Å². The van der Waals surface area contributed by atoms with Crippen molar-refractivity contribution in [2.24, 2.45) is 0 Å². The van der Waals surface area contributed by atoms with E-state index >= 15 is 0 Å². The average molecular weight is 316 g/mol. The maximum atomic E-state index is 3.53.